The Labute approximate surface area is 130 Å². The Morgan fingerprint density at radius 1 is 0.500 bits per heavy atom. The fourth-order valence-corrected chi connectivity index (χ4v) is 3.11. The van der Waals surface area contributed by atoms with Crippen LogP contribution < -0.4 is 0 Å². The summed E-state index contributed by atoms with van der Waals surface area (Å²) in [6.07, 6.45) is 21.1. The molecule has 0 saturated carbocycles. The van der Waals surface area contributed by atoms with Gasteiger partial charge >= 0.3 is 0 Å². The van der Waals surface area contributed by atoms with Crippen molar-refractivity contribution >= 4 is 0 Å². The summed E-state index contributed by atoms with van der Waals surface area (Å²) in [6, 6.07) is 0. The van der Waals surface area contributed by atoms with Crippen LogP contribution in [0.4, 0.5) is 0 Å². The van der Waals surface area contributed by atoms with Crippen LogP contribution >= 0.6 is 0 Å². The molecular weight excluding hydrogens is 240 g/mol. The Bertz CT molecular complexity index is 165. The molecule has 0 bridgehead atoms. The minimum atomic E-state index is 0.901. The first-order chi connectivity index (χ1) is 9.78. The minimum Gasteiger partial charge on any atom is -0.0654 e. The van der Waals surface area contributed by atoms with E-state index in [1.54, 1.807) is 0 Å². The Kier molecular flexibility index (Phi) is 15.4. The van der Waals surface area contributed by atoms with E-state index in [1.165, 1.54) is 83.5 Å². The normalized spacial score (nSPS) is 13.1. The quantitative estimate of drug-likeness (QED) is 0.271. The van der Waals surface area contributed by atoms with Gasteiger partial charge in [-0.05, 0) is 18.3 Å². The van der Waals surface area contributed by atoms with Gasteiger partial charge in [0.15, 0.2) is 0 Å². The van der Waals surface area contributed by atoms with Crippen LogP contribution in [0.15, 0.2) is 0 Å². The number of unbranched alkanes of at least 4 members (excludes halogenated alkanes) is 5. The summed E-state index contributed by atoms with van der Waals surface area (Å²) >= 11 is 0. The van der Waals surface area contributed by atoms with Crippen molar-refractivity contribution in [1.29, 1.82) is 0 Å². The summed E-state index contributed by atoms with van der Waals surface area (Å²) < 4.78 is 0. The molecule has 0 N–H and O–H groups in total. The average molecular weight is 282 g/mol. The van der Waals surface area contributed by atoms with E-state index in [2.05, 4.69) is 34.1 Å². The first-order valence-electron chi connectivity index (χ1n) is 9.63. The molecule has 1 radical (unpaired) electrons. The third-order valence-corrected chi connectivity index (χ3v) is 4.51. The standard InChI is InChI=1S/C20H41/c1-5-9-13-17-20(16-12-8-4)18-19(14-10-6-2)15-11-7-3/h18-20H,5-17H2,1-4H3. The predicted molar refractivity (Wildman–Crippen MR) is 94.0 cm³/mol. The zero-order valence-corrected chi connectivity index (χ0v) is 14.9. The molecule has 0 nitrogen and oxygen atoms in total. The Morgan fingerprint density at radius 2 is 0.850 bits per heavy atom. The monoisotopic (exact) mass is 281 g/mol. The molecule has 0 spiro atoms. The van der Waals surface area contributed by atoms with Gasteiger partial charge in [0.1, 0.15) is 0 Å². The van der Waals surface area contributed by atoms with Gasteiger partial charge < -0.3 is 0 Å². The van der Waals surface area contributed by atoms with Crippen molar-refractivity contribution in [3.63, 3.8) is 0 Å². The van der Waals surface area contributed by atoms with Gasteiger partial charge in [-0.25, -0.2) is 0 Å². The summed E-state index contributed by atoms with van der Waals surface area (Å²) in [6.45, 7) is 9.30. The van der Waals surface area contributed by atoms with Gasteiger partial charge in [-0.15, -0.1) is 0 Å². The maximum atomic E-state index is 2.77. The van der Waals surface area contributed by atoms with Crippen LogP contribution in [0.25, 0.3) is 0 Å². The molecule has 20 heavy (non-hydrogen) atoms. The molecule has 121 valence electrons. The highest BCUT2D eigenvalue weighted by Gasteiger charge is 2.16. The lowest BCUT2D eigenvalue weighted by Gasteiger charge is -2.23. The summed E-state index contributed by atoms with van der Waals surface area (Å²) in [7, 11) is 0. The van der Waals surface area contributed by atoms with Gasteiger partial charge in [-0.1, -0.05) is 111 Å². The molecule has 0 aliphatic heterocycles. The largest absolute Gasteiger partial charge is 0.0654 e. The van der Waals surface area contributed by atoms with Gasteiger partial charge in [-0.3, -0.25) is 0 Å². The number of hydrogen-bond donors (Lipinski definition) is 0. The molecule has 0 aliphatic carbocycles. The van der Waals surface area contributed by atoms with Crippen LogP contribution in [-0.4, -0.2) is 0 Å². The van der Waals surface area contributed by atoms with Gasteiger partial charge in [0.25, 0.3) is 0 Å². The lowest BCUT2D eigenvalue weighted by molar-refractivity contribution is 0.375. The predicted octanol–water partition coefficient (Wildman–Crippen LogP) is 7.57. The topological polar surface area (TPSA) is 0 Å². The van der Waals surface area contributed by atoms with Crippen molar-refractivity contribution in [2.75, 3.05) is 0 Å². The molecule has 0 aromatic carbocycles. The van der Waals surface area contributed by atoms with E-state index in [0.29, 0.717) is 0 Å². The molecule has 1 atom stereocenters. The molecule has 0 aromatic rings. The maximum Gasteiger partial charge on any atom is -0.0324 e. The lowest BCUT2D eigenvalue weighted by atomic mass is 9.82. The lowest BCUT2D eigenvalue weighted by Crippen LogP contribution is -2.11. The molecule has 0 aromatic heterocycles. The van der Waals surface area contributed by atoms with E-state index in [-0.39, 0.29) is 0 Å². The minimum absolute atomic E-state index is 0.901. The highest BCUT2D eigenvalue weighted by Crippen LogP contribution is 2.28. The van der Waals surface area contributed by atoms with E-state index in [1.807, 2.05) is 0 Å². The van der Waals surface area contributed by atoms with Crippen molar-refractivity contribution < 1.29 is 0 Å². The molecule has 0 heteroatoms. The first kappa shape index (κ1) is 20.0. The fraction of sp³-hybridized carbons (Fsp3) is 0.950. The van der Waals surface area contributed by atoms with Crippen molar-refractivity contribution in [3.05, 3.63) is 6.42 Å². The summed E-state index contributed by atoms with van der Waals surface area (Å²) in [5.41, 5.74) is 0. The van der Waals surface area contributed by atoms with Gasteiger partial charge in [0, 0.05) is 0 Å². The van der Waals surface area contributed by atoms with Crippen LogP contribution in [-0.2, 0) is 0 Å². The second kappa shape index (κ2) is 15.4. The Hall–Kier alpha value is 0. The zero-order valence-electron chi connectivity index (χ0n) is 14.9. The number of rotatable bonds is 15. The summed E-state index contributed by atoms with van der Waals surface area (Å²) in [5, 5.41) is 0. The van der Waals surface area contributed by atoms with Gasteiger partial charge in [0.2, 0.25) is 0 Å². The molecule has 0 fully saturated rings. The SMILES string of the molecule is CCCCCC([CH]C(CCCC)CCCC)CCCC. The molecule has 0 heterocycles. The second-order valence-electron chi connectivity index (χ2n) is 6.64. The Balaban J connectivity index is 4.18. The highest BCUT2D eigenvalue weighted by atomic mass is 14.2. The fourth-order valence-electron chi connectivity index (χ4n) is 3.11. The third-order valence-electron chi connectivity index (χ3n) is 4.51. The van der Waals surface area contributed by atoms with E-state index in [9.17, 15) is 0 Å². The van der Waals surface area contributed by atoms with Gasteiger partial charge in [0.05, 0.1) is 0 Å². The zero-order chi connectivity index (χ0) is 15.1. The maximum absolute atomic E-state index is 2.77. The molecular formula is C20H41. The van der Waals surface area contributed by atoms with E-state index in [4.69, 9.17) is 0 Å². The molecule has 0 aliphatic rings. The third kappa shape index (κ3) is 11.8. The molecule has 0 saturated heterocycles. The van der Waals surface area contributed by atoms with Crippen LogP contribution in [0.3, 0.4) is 0 Å². The smallest absolute Gasteiger partial charge is 0.0324 e. The molecule has 0 amide bonds. The van der Waals surface area contributed by atoms with Crippen molar-refractivity contribution in [1.82, 2.24) is 0 Å². The van der Waals surface area contributed by atoms with E-state index >= 15 is 0 Å². The highest BCUT2D eigenvalue weighted by molar-refractivity contribution is 4.84. The average Bonchev–Trinajstić information content (AvgIpc) is 2.47. The first-order valence-corrected chi connectivity index (χ1v) is 9.63. The summed E-state index contributed by atoms with van der Waals surface area (Å²) in [5.74, 6) is 1.80. The van der Waals surface area contributed by atoms with Crippen molar-refractivity contribution in [2.45, 2.75) is 111 Å². The molecule has 1 unspecified atom stereocenters. The number of hydrogen-bond acceptors (Lipinski definition) is 0. The Morgan fingerprint density at radius 3 is 1.20 bits per heavy atom. The van der Waals surface area contributed by atoms with Crippen LogP contribution in [0.1, 0.15) is 111 Å². The van der Waals surface area contributed by atoms with Crippen LogP contribution in [0.5, 0.6) is 0 Å². The van der Waals surface area contributed by atoms with Crippen molar-refractivity contribution in [2.24, 2.45) is 11.8 Å². The van der Waals surface area contributed by atoms with E-state index < -0.39 is 0 Å². The summed E-state index contributed by atoms with van der Waals surface area (Å²) in [4.78, 5) is 0. The van der Waals surface area contributed by atoms with Crippen LogP contribution in [0, 0.1) is 18.3 Å². The van der Waals surface area contributed by atoms with Crippen molar-refractivity contribution in [3.8, 4) is 0 Å². The van der Waals surface area contributed by atoms with E-state index in [0.717, 1.165) is 11.8 Å². The van der Waals surface area contributed by atoms with Crippen LogP contribution in [0.2, 0.25) is 0 Å². The second-order valence-corrected chi connectivity index (χ2v) is 6.64. The molecule has 0 rings (SSSR count). The van der Waals surface area contributed by atoms with Gasteiger partial charge in [-0.2, -0.15) is 0 Å².